The number of methoxy groups -OCH3 is 1. The van der Waals surface area contributed by atoms with E-state index >= 15 is 0 Å². The third-order valence-electron chi connectivity index (χ3n) is 7.22. The minimum absolute atomic E-state index is 0.102. The molecule has 0 bridgehead atoms. The van der Waals surface area contributed by atoms with Gasteiger partial charge in [0.05, 0.1) is 25.7 Å². The van der Waals surface area contributed by atoms with Crippen LogP contribution in [0.25, 0.3) is 10.9 Å². The first-order valence-electron chi connectivity index (χ1n) is 13.1. The van der Waals surface area contributed by atoms with E-state index in [1.807, 2.05) is 61.5 Å². The van der Waals surface area contributed by atoms with Gasteiger partial charge in [0.25, 0.3) is 5.56 Å². The Bertz CT molecular complexity index is 1730. The predicted molar refractivity (Wildman–Crippen MR) is 149 cm³/mol. The molecule has 0 fully saturated rings. The highest BCUT2D eigenvalue weighted by Crippen LogP contribution is 2.33. The average molecular weight is 539 g/mol. The zero-order valence-corrected chi connectivity index (χ0v) is 22.7. The lowest BCUT2D eigenvalue weighted by molar-refractivity contribution is 0.174. The Morgan fingerprint density at radius 3 is 2.52 bits per heavy atom. The Kier molecular flexibility index (Phi) is 6.91. The van der Waals surface area contributed by atoms with Crippen LogP contribution in [0.1, 0.15) is 33.6 Å². The number of hydrogen-bond acceptors (Lipinski definition) is 8. The largest absolute Gasteiger partial charge is 0.497 e. The molecule has 10 nitrogen and oxygen atoms in total. The van der Waals surface area contributed by atoms with Crippen molar-refractivity contribution < 1.29 is 14.2 Å². The number of nitrogens with zero attached hydrogens (tertiary/aromatic N) is 5. The van der Waals surface area contributed by atoms with E-state index in [4.69, 9.17) is 14.2 Å². The summed E-state index contributed by atoms with van der Waals surface area (Å²) in [7, 11) is 1.65. The van der Waals surface area contributed by atoms with Crippen molar-refractivity contribution in [1.82, 2.24) is 30.1 Å². The van der Waals surface area contributed by atoms with Gasteiger partial charge in [-0.2, -0.15) is 0 Å². The van der Waals surface area contributed by atoms with Crippen molar-refractivity contribution in [2.45, 2.75) is 40.0 Å². The normalized spacial score (nSPS) is 12.4. The molecule has 0 unspecified atom stereocenters. The van der Waals surface area contributed by atoms with E-state index in [0.29, 0.717) is 37.6 Å². The van der Waals surface area contributed by atoms with Crippen LogP contribution in [0.15, 0.2) is 65.5 Å². The van der Waals surface area contributed by atoms with Crippen LogP contribution in [0.2, 0.25) is 0 Å². The van der Waals surface area contributed by atoms with Crippen LogP contribution >= 0.6 is 0 Å². The minimum Gasteiger partial charge on any atom is -0.497 e. The molecule has 1 aliphatic heterocycles. The van der Waals surface area contributed by atoms with Gasteiger partial charge in [-0.15, -0.1) is 5.10 Å². The molecule has 0 aliphatic carbocycles. The van der Waals surface area contributed by atoms with Crippen LogP contribution in [0, 0.1) is 13.8 Å². The summed E-state index contributed by atoms with van der Waals surface area (Å²) >= 11 is 0. The Labute approximate surface area is 231 Å². The van der Waals surface area contributed by atoms with Crippen molar-refractivity contribution >= 4 is 10.9 Å². The Balaban J connectivity index is 1.31. The van der Waals surface area contributed by atoms with Crippen LogP contribution < -0.4 is 19.8 Å². The highest BCUT2D eigenvalue weighted by Gasteiger charge is 2.19. The summed E-state index contributed by atoms with van der Waals surface area (Å²) in [5, 5.41) is 13.6. The summed E-state index contributed by atoms with van der Waals surface area (Å²) in [5.74, 6) is 2.94. The van der Waals surface area contributed by atoms with Crippen LogP contribution in [-0.2, 0) is 26.2 Å². The number of aromatic amines is 1. The van der Waals surface area contributed by atoms with Crippen LogP contribution in [-0.4, -0.2) is 44.0 Å². The van der Waals surface area contributed by atoms with E-state index < -0.39 is 0 Å². The lowest BCUT2D eigenvalue weighted by Crippen LogP contribution is -2.28. The number of rotatable bonds is 9. The fourth-order valence-electron chi connectivity index (χ4n) is 5.00. The van der Waals surface area contributed by atoms with Crippen molar-refractivity contribution in [2.24, 2.45) is 0 Å². The summed E-state index contributed by atoms with van der Waals surface area (Å²) in [4.78, 5) is 18.5. The molecule has 2 aromatic heterocycles. The van der Waals surface area contributed by atoms with Crippen molar-refractivity contribution in [1.29, 1.82) is 0 Å². The Hall–Kier alpha value is -4.70. The summed E-state index contributed by atoms with van der Waals surface area (Å²) in [6.07, 6.45) is 0. The van der Waals surface area contributed by atoms with Crippen molar-refractivity contribution in [3.63, 3.8) is 0 Å². The highest BCUT2D eigenvalue weighted by atomic mass is 16.7. The smallest absolute Gasteiger partial charge is 0.252 e. The standard InChI is InChI=1S/C30H30N6O4/c1-19-4-5-20(2)29-25(19)13-23(30(37)31-29)16-35(14-22-8-11-26-27(12-22)40-18-39-26)17-28-32-33-34-36(28)15-21-6-9-24(38-3)10-7-21/h4-13H,14-18H2,1-3H3,(H,31,37). The number of nitrogens with one attached hydrogen (secondary N) is 1. The number of tetrazole rings is 1. The van der Waals surface area contributed by atoms with E-state index in [0.717, 1.165) is 50.4 Å². The molecular weight excluding hydrogens is 508 g/mol. The summed E-state index contributed by atoms with van der Waals surface area (Å²) in [6.45, 7) is 6.18. The summed E-state index contributed by atoms with van der Waals surface area (Å²) in [6, 6.07) is 19.8. The number of benzene rings is 3. The van der Waals surface area contributed by atoms with E-state index in [2.05, 4.69) is 38.4 Å². The maximum Gasteiger partial charge on any atom is 0.252 e. The maximum absolute atomic E-state index is 13.2. The Morgan fingerprint density at radius 1 is 0.925 bits per heavy atom. The van der Waals surface area contributed by atoms with Gasteiger partial charge in [0.15, 0.2) is 17.3 Å². The fourth-order valence-corrected chi connectivity index (χ4v) is 5.00. The molecule has 0 amide bonds. The zero-order chi connectivity index (χ0) is 27.6. The molecule has 0 saturated heterocycles. The second-order valence-electron chi connectivity index (χ2n) is 10.0. The van der Waals surface area contributed by atoms with Crippen molar-refractivity contribution in [2.75, 3.05) is 13.9 Å². The number of pyridine rings is 1. The molecule has 5 aromatic rings. The first kappa shape index (κ1) is 25.6. The lowest BCUT2D eigenvalue weighted by Gasteiger charge is -2.22. The van der Waals surface area contributed by atoms with E-state index in [1.165, 1.54) is 0 Å². The molecule has 0 atom stereocenters. The maximum atomic E-state index is 13.2. The number of aromatic nitrogens is 5. The molecule has 0 radical (unpaired) electrons. The van der Waals surface area contributed by atoms with Gasteiger partial charge < -0.3 is 19.2 Å². The lowest BCUT2D eigenvalue weighted by atomic mass is 10.0. The first-order chi connectivity index (χ1) is 19.5. The van der Waals surface area contributed by atoms with Gasteiger partial charge in [-0.25, -0.2) is 4.68 Å². The van der Waals surface area contributed by atoms with Crippen LogP contribution in [0.3, 0.4) is 0 Å². The van der Waals surface area contributed by atoms with Crippen molar-refractivity contribution in [3.8, 4) is 17.2 Å². The first-order valence-corrected chi connectivity index (χ1v) is 13.1. The van der Waals surface area contributed by atoms with Gasteiger partial charge in [-0.3, -0.25) is 9.69 Å². The topological polar surface area (TPSA) is 107 Å². The van der Waals surface area contributed by atoms with E-state index in [-0.39, 0.29) is 12.4 Å². The van der Waals surface area contributed by atoms with E-state index in [9.17, 15) is 4.79 Å². The summed E-state index contributed by atoms with van der Waals surface area (Å²) in [5.41, 5.74) is 5.68. The van der Waals surface area contributed by atoms with Gasteiger partial charge in [0.1, 0.15) is 5.75 Å². The highest BCUT2D eigenvalue weighted by molar-refractivity contribution is 5.85. The SMILES string of the molecule is COc1ccc(Cn2nnnc2CN(Cc2ccc3c(c2)OCO3)Cc2cc3c(C)ccc(C)c3[nH]c2=O)cc1. The molecule has 0 saturated carbocycles. The number of aryl methyl sites for hydroxylation is 2. The predicted octanol–water partition coefficient (Wildman–Crippen LogP) is 4.12. The molecule has 0 spiro atoms. The molecule has 6 rings (SSSR count). The second kappa shape index (κ2) is 10.8. The molecule has 10 heteroatoms. The molecular formula is C30H30N6O4. The molecule has 3 heterocycles. The van der Waals surface area contributed by atoms with Crippen molar-refractivity contribution in [3.05, 3.63) is 105 Å². The summed E-state index contributed by atoms with van der Waals surface area (Å²) < 4.78 is 18.1. The monoisotopic (exact) mass is 538 g/mol. The second-order valence-corrected chi connectivity index (χ2v) is 10.0. The number of fused-ring (bicyclic) bond motifs is 2. The molecule has 40 heavy (non-hydrogen) atoms. The van der Waals surface area contributed by atoms with Gasteiger partial charge in [0.2, 0.25) is 6.79 Å². The van der Waals surface area contributed by atoms with Gasteiger partial charge in [0, 0.05) is 24.0 Å². The average Bonchev–Trinajstić information content (AvgIpc) is 3.61. The van der Waals surface area contributed by atoms with E-state index in [1.54, 1.807) is 11.8 Å². The molecule has 3 aromatic carbocycles. The van der Waals surface area contributed by atoms with Crippen LogP contribution in [0.5, 0.6) is 17.2 Å². The quantitative estimate of drug-likeness (QED) is 0.299. The van der Waals surface area contributed by atoms with Gasteiger partial charge in [-0.05, 0) is 76.9 Å². The van der Waals surface area contributed by atoms with Crippen LogP contribution in [0.4, 0.5) is 0 Å². The van der Waals surface area contributed by atoms with Gasteiger partial charge in [-0.1, -0.05) is 30.3 Å². The third-order valence-corrected chi connectivity index (χ3v) is 7.22. The fraction of sp³-hybridized carbons (Fsp3) is 0.267. The molecule has 1 aliphatic rings. The third kappa shape index (κ3) is 5.26. The number of hydrogen-bond donors (Lipinski definition) is 1. The molecule has 204 valence electrons. The van der Waals surface area contributed by atoms with Gasteiger partial charge >= 0.3 is 0 Å². The number of H-pyrrole nitrogens is 1. The Morgan fingerprint density at radius 2 is 1.70 bits per heavy atom. The number of ether oxygens (including phenoxy) is 3. The minimum atomic E-state index is -0.102. The zero-order valence-electron chi connectivity index (χ0n) is 22.7. The molecule has 1 N–H and O–H groups in total.